The van der Waals surface area contributed by atoms with Crippen molar-refractivity contribution in [3.63, 3.8) is 0 Å². The summed E-state index contributed by atoms with van der Waals surface area (Å²) in [6, 6.07) is -0.380. The Balaban J connectivity index is 3.83. The summed E-state index contributed by atoms with van der Waals surface area (Å²) in [5.41, 5.74) is 0. The molecule has 7 nitrogen and oxygen atoms in total. The summed E-state index contributed by atoms with van der Waals surface area (Å²) in [4.78, 5) is 23.0. The van der Waals surface area contributed by atoms with Crippen LogP contribution in [0.4, 0.5) is 4.79 Å². The van der Waals surface area contributed by atoms with Crippen LogP contribution in [0.5, 0.6) is 0 Å². The maximum absolute atomic E-state index is 11.4. The first kappa shape index (κ1) is 14.7. The second kappa shape index (κ2) is 7.89. The van der Waals surface area contributed by atoms with Gasteiger partial charge in [-0.3, -0.25) is 0 Å². The molecule has 0 aromatic heterocycles. The molecule has 4 N–H and O–H groups in total. The van der Waals surface area contributed by atoms with E-state index in [2.05, 4.69) is 5.32 Å². The van der Waals surface area contributed by atoms with Crippen molar-refractivity contribution in [1.29, 1.82) is 0 Å². The molecule has 0 fully saturated rings. The standard InChI is InChI=1S/C9H18N2O5/c1-2-11(5-6-12)9(16)10-4-3-7(13)8(14)15/h7,12-13H,2-6H2,1H3,(H,10,16)(H,14,15)/t7-/m0/s1. The van der Waals surface area contributed by atoms with Crippen molar-refractivity contribution in [2.24, 2.45) is 0 Å². The van der Waals surface area contributed by atoms with E-state index in [0.717, 1.165) is 0 Å². The van der Waals surface area contributed by atoms with E-state index in [1.54, 1.807) is 6.92 Å². The highest BCUT2D eigenvalue weighted by Gasteiger charge is 2.14. The highest BCUT2D eigenvalue weighted by Crippen LogP contribution is 1.92. The van der Waals surface area contributed by atoms with Gasteiger partial charge in [0.15, 0.2) is 6.10 Å². The highest BCUT2D eigenvalue weighted by molar-refractivity contribution is 5.74. The molecule has 94 valence electrons. The summed E-state index contributed by atoms with van der Waals surface area (Å²) >= 11 is 0. The predicted octanol–water partition coefficient (Wildman–Crippen LogP) is -1.15. The average Bonchev–Trinajstić information content (AvgIpc) is 2.25. The molecule has 0 aliphatic rings. The number of aliphatic hydroxyl groups excluding tert-OH is 2. The molecule has 0 radical (unpaired) electrons. The molecular formula is C9H18N2O5. The van der Waals surface area contributed by atoms with Crippen LogP contribution in [-0.2, 0) is 4.79 Å². The number of rotatable bonds is 7. The van der Waals surface area contributed by atoms with Crippen molar-refractivity contribution in [2.45, 2.75) is 19.4 Å². The van der Waals surface area contributed by atoms with Crippen molar-refractivity contribution in [3.05, 3.63) is 0 Å². The fraction of sp³-hybridized carbons (Fsp3) is 0.778. The lowest BCUT2D eigenvalue weighted by atomic mass is 10.2. The molecule has 7 heteroatoms. The van der Waals surface area contributed by atoms with Crippen LogP contribution >= 0.6 is 0 Å². The van der Waals surface area contributed by atoms with Gasteiger partial charge in [0.05, 0.1) is 6.61 Å². The number of amides is 2. The third kappa shape index (κ3) is 5.52. The van der Waals surface area contributed by atoms with E-state index in [1.165, 1.54) is 4.90 Å². The van der Waals surface area contributed by atoms with E-state index in [0.29, 0.717) is 6.54 Å². The molecule has 0 spiro atoms. The number of aliphatic hydroxyl groups is 2. The van der Waals surface area contributed by atoms with Gasteiger partial charge >= 0.3 is 12.0 Å². The number of nitrogens with one attached hydrogen (secondary N) is 1. The third-order valence-corrected chi connectivity index (χ3v) is 2.02. The molecule has 0 saturated heterocycles. The number of urea groups is 1. The Morgan fingerprint density at radius 1 is 1.44 bits per heavy atom. The summed E-state index contributed by atoms with van der Waals surface area (Å²) in [6.07, 6.45) is -1.51. The van der Waals surface area contributed by atoms with Crippen LogP contribution in [0.25, 0.3) is 0 Å². The Bertz CT molecular complexity index is 234. The Labute approximate surface area is 93.7 Å². The van der Waals surface area contributed by atoms with Crippen LogP contribution in [0.15, 0.2) is 0 Å². The van der Waals surface area contributed by atoms with E-state index in [1.807, 2.05) is 0 Å². The van der Waals surface area contributed by atoms with Crippen LogP contribution in [0.1, 0.15) is 13.3 Å². The molecule has 0 aromatic rings. The number of carboxylic acid groups (broad SMARTS) is 1. The Morgan fingerprint density at radius 2 is 2.06 bits per heavy atom. The van der Waals surface area contributed by atoms with Gasteiger partial charge < -0.3 is 25.5 Å². The Morgan fingerprint density at radius 3 is 2.50 bits per heavy atom. The molecule has 2 amide bonds. The van der Waals surface area contributed by atoms with Gasteiger partial charge in [-0.15, -0.1) is 0 Å². The minimum Gasteiger partial charge on any atom is -0.479 e. The molecule has 0 heterocycles. The normalized spacial score (nSPS) is 11.9. The van der Waals surface area contributed by atoms with E-state index in [4.69, 9.17) is 15.3 Å². The molecule has 0 aromatic carbocycles. The second-order valence-corrected chi connectivity index (χ2v) is 3.18. The molecule has 0 saturated carbocycles. The molecular weight excluding hydrogens is 216 g/mol. The monoisotopic (exact) mass is 234 g/mol. The van der Waals surface area contributed by atoms with E-state index < -0.39 is 12.1 Å². The lowest BCUT2D eigenvalue weighted by Gasteiger charge is -2.20. The molecule has 0 unspecified atom stereocenters. The highest BCUT2D eigenvalue weighted by atomic mass is 16.4. The van der Waals surface area contributed by atoms with Gasteiger partial charge in [-0.25, -0.2) is 9.59 Å². The quantitative estimate of drug-likeness (QED) is 0.444. The summed E-state index contributed by atoms with van der Waals surface area (Å²) in [6.45, 7) is 2.40. The number of carbonyl (C=O) groups is 2. The first-order chi connectivity index (χ1) is 7.52. The van der Waals surface area contributed by atoms with Crippen molar-refractivity contribution in [3.8, 4) is 0 Å². The van der Waals surface area contributed by atoms with Crippen LogP contribution in [0.3, 0.4) is 0 Å². The smallest absolute Gasteiger partial charge is 0.332 e. The van der Waals surface area contributed by atoms with Crippen LogP contribution < -0.4 is 5.32 Å². The van der Waals surface area contributed by atoms with Gasteiger partial charge in [-0.1, -0.05) is 0 Å². The fourth-order valence-electron chi connectivity index (χ4n) is 1.08. The van der Waals surface area contributed by atoms with E-state index in [9.17, 15) is 9.59 Å². The number of hydrogen-bond acceptors (Lipinski definition) is 4. The minimum atomic E-state index is -1.46. The van der Waals surface area contributed by atoms with Crippen molar-refractivity contribution in [2.75, 3.05) is 26.2 Å². The average molecular weight is 234 g/mol. The number of carboxylic acids is 1. The number of likely N-dealkylation sites (N-methyl/N-ethyl adjacent to an activating group) is 1. The van der Waals surface area contributed by atoms with Gasteiger partial charge in [-0.2, -0.15) is 0 Å². The minimum absolute atomic E-state index is 0.0439. The van der Waals surface area contributed by atoms with Gasteiger partial charge in [0.2, 0.25) is 0 Å². The largest absolute Gasteiger partial charge is 0.479 e. The number of carbonyl (C=O) groups excluding carboxylic acids is 1. The van der Waals surface area contributed by atoms with Gasteiger partial charge in [0.25, 0.3) is 0 Å². The number of hydrogen-bond donors (Lipinski definition) is 4. The predicted molar refractivity (Wildman–Crippen MR) is 56.0 cm³/mol. The van der Waals surface area contributed by atoms with E-state index in [-0.39, 0.29) is 32.1 Å². The first-order valence-electron chi connectivity index (χ1n) is 5.07. The lowest BCUT2D eigenvalue weighted by Crippen LogP contribution is -2.42. The Hall–Kier alpha value is -1.34. The van der Waals surface area contributed by atoms with Gasteiger partial charge in [0.1, 0.15) is 0 Å². The summed E-state index contributed by atoms with van der Waals surface area (Å²) in [5.74, 6) is -1.31. The summed E-state index contributed by atoms with van der Waals surface area (Å²) in [5, 5.41) is 28.4. The third-order valence-electron chi connectivity index (χ3n) is 2.02. The first-order valence-corrected chi connectivity index (χ1v) is 5.07. The van der Waals surface area contributed by atoms with E-state index >= 15 is 0 Å². The Kier molecular flexibility index (Phi) is 7.23. The number of aliphatic carboxylic acids is 1. The molecule has 0 aliphatic heterocycles. The molecule has 0 aliphatic carbocycles. The molecule has 0 bridgehead atoms. The summed E-state index contributed by atoms with van der Waals surface area (Å²) in [7, 11) is 0. The lowest BCUT2D eigenvalue weighted by molar-refractivity contribution is -0.146. The molecule has 0 rings (SSSR count). The maximum atomic E-state index is 11.4. The fourth-order valence-corrected chi connectivity index (χ4v) is 1.08. The maximum Gasteiger partial charge on any atom is 0.332 e. The van der Waals surface area contributed by atoms with Crippen LogP contribution in [0, 0.1) is 0 Å². The number of nitrogens with zero attached hydrogens (tertiary/aromatic N) is 1. The molecule has 1 atom stereocenters. The molecule has 16 heavy (non-hydrogen) atoms. The second-order valence-electron chi connectivity index (χ2n) is 3.18. The van der Waals surface area contributed by atoms with Crippen molar-refractivity contribution in [1.82, 2.24) is 10.2 Å². The topological polar surface area (TPSA) is 110 Å². The zero-order chi connectivity index (χ0) is 12.6. The van der Waals surface area contributed by atoms with Crippen molar-refractivity contribution < 1.29 is 24.9 Å². The zero-order valence-electron chi connectivity index (χ0n) is 9.22. The zero-order valence-corrected chi connectivity index (χ0v) is 9.22. The van der Waals surface area contributed by atoms with Gasteiger partial charge in [0, 0.05) is 26.1 Å². The summed E-state index contributed by atoms with van der Waals surface area (Å²) < 4.78 is 0. The van der Waals surface area contributed by atoms with Crippen LogP contribution in [0.2, 0.25) is 0 Å². The SMILES string of the molecule is CCN(CCO)C(=O)NCC[C@H](O)C(=O)O. The van der Waals surface area contributed by atoms with Gasteiger partial charge in [-0.05, 0) is 6.92 Å². The van der Waals surface area contributed by atoms with Crippen molar-refractivity contribution >= 4 is 12.0 Å². The van der Waals surface area contributed by atoms with Crippen LogP contribution in [-0.4, -0.2) is 64.6 Å².